The number of allylic oxidation sites excluding steroid dienone is 2. The molecule has 6 nitrogen and oxygen atoms in total. The Bertz CT molecular complexity index is 1480. The smallest absolute Gasteiger partial charge is 0.315 e. The Kier molecular flexibility index (Phi) is 8.10. The lowest BCUT2D eigenvalue weighted by Crippen LogP contribution is -2.38. The fraction of sp³-hybridized carbons (Fsp3) is 0.303. The molecule has 2 aliphatic rings. The van der Waals surface area contributed by atoms with E-state index in [0.717, 1.165) is 11.1 Å². The first-order valence-corrected chi connectivity index (χ1v) is 13.4. The monoisotopic (exact) mass is 541 g/mol. The maximum absolute atomic E-state index is 14.4. The first-order chi connectivity index (χ1) is 19.4. The molecule has 1 aliphatic carbocycles. The minimum atomic E-state index is -0.821. The highest BCUT2D eigenvalue weighted by molar-refractivity contribution is 6.09. The van der Waals surface area contributed by atoms with Crippen molar-refractivity contribution < 1.29 is 28.2 Å². The van der Waals surface area contributed by atoms with E-state index >= 15 is 0 Å². The van der Waals surface area contributed by atoms with E-state index in [1.54, 1.807) is 33.3 Å². The summed E-state index contributed by atoms with van der Waals surface area (Å²) in [7, 11) is 3.15. The summed E-state index contributed by atoms with van der Waals surface area (Å²) in [4.78, 5) is 32.1. The van der Waals surface area contributed by atoms with Crippen molar-refractivity contribution in [3.05, 3.63) is 107 Å². The third-order valence-corrected chi connectivity index (χ3v) is 7.71. The van der Waals surface area contributed by atoms with Crippen LogP contribution in [0.15, 0.2) is 89.1 Å². The molecule has 3 atom stereocenters. The quantitative estimate of drug-likeness (QED) is 0.317. The molecular weight excluding hydrogens is 509 g/mol. The van der Waals surface area contributed by atoms with Gasteiger partial charge in [0.2, 0.25) is 0 Å². The highest BCUT2D eigenvalue weighted by Crippen LogP contribution is 2.47. The van der Waals surface area contributed by atoms with Crippen LogP contribution in [0.4, 0.5) is 4.39 Å². The Hall–Kier alpha value is -4.26. The van der Waals surface area contributed by atoms with E-state index in [4.69, 9.17) is 19.2 Å². The van der Waals surface area contributed by atoms with Crippen LogP contribution in [0, 0.1) is 11.7 Å². The largest absolute Gasteiger partial charge is 0.493 e. The highest BCUT2D eigenvalue weighted by atomic mass is 19.1. The Labute approximate surface area is 233 Å². The standard InChI is InChI=1S/C33H32FNO5/c1-20-30(33(37)40-15-14-21-8-5-4-6-9-21)31(23-10-7-11-25(34)16-23)32-26(35-20)17-24(18-27(32)36)22-12-13-28(38-2)29(19-22)39-3/h4-13,16,19,24,30-31H,14-15,17-18H2,1-3H3/t24-,30?,31-/m0/s1. The van der Waals surface area contributed by atoms with E-state index in [9.17, 15) is 14.0 Å². The van der Waals surface area contributed by atoms with Gasteiger partial charge in [-0.1, -0.05) is 48.5 Å². The van der Waals surface area contributed by atoms with Gasteiger partial charge in [-0.25, -0.2) is 4.39 Å². The molecule has 0 saturated heterocycles. The number of aliphatic imine (C=N–C) groups is 1. The van der Waals surface area contributed by atoms with E-state index < -0.39 is 23.6 Å². The number of ketones is 1. The fourth-order valence-electron chi connectivity index (χ4n) is 5.77. The number of hydrogen-bond acceptors (Lipinski definition) is 6. The summed E-state index contributed by atoms with van der Waals surface area (Å²) >= 11 is 0. The van der Waals surface area contributed by atoms with Gasteiger partial charge in [0.1, 0.15) is 11.7 Å². The SMILES string of the molecule is COc1ccc([C@@H]2CC(=O)C3=C(C2)N=C(C)C(C(=O)OCCc2ccccc2)[C@@H]3c2cccc(F)c2)cc1OC. The molecule has 5 rings (SSSR count). The fourth-order valence-corrected chi connectivity index (χ4v) is 5.77. The highest BCUT2D eigenvalue weighted by Gasteiger charge is 2.45. The Morgan fingerprint density at radius 3 is 2.42 bits per heavy atom. The van der Waals surface area contributed by atoms with Crippen LogP contribution in [0.25, 0.3) is 0 Å². The van der Waals surface area contributed by atoms with Crippen molar-refractivity contribution in [2.24, 2.45) is 10.9 Å². The molecule has 0 radical (unpaired) electrons. The number of methoxy groups -OCH3 is 2. The van der Waals surface area contributed by atoms with Gasteiger partial charge in [0, 0.05) is 35.7 Å². The van der Waals surface area contributed by atoms with E-state index in [0.29, 0.717) is 46.9 Å². The topological polar surface area (TPSA) is 74.2 Å². The lowest BCUT2D eigenvalue weighted by Gasteiger charge is -2.36. The van der Waals surface area contributed by atoms with Crippen molar-refractivity contribution in [1.29, 1.82) is 0 Å². The van der Waals surface area contributed by atoms with Gasteiger partial charge in [0.25, 0.3) is 0 Å². The molecular formula is C33H32FNO5. The van der Waals surface area contributed by atoms with Crippen LogP contribution < -0.4 is 9.47 Å². The molecule has 206 valence electrons. The molecule has 0 bridgehead atoms. The van der Waals surface area contributed by atoms with Gasteiger partial charge in [0.15, 0.2) is 17.3 Å². The van der Waals surface area contributed by atoms with Crippen LogP contribution in [0.3, 0.4) is 0 Å². The zero-order valence-corrected chi connectivity index (χ0v) is 22.9. The molecule has 0 amide bonds. The molecule has 40 heavy (non-hydrogen) atoms. The predicted octanol–water partition coefficient (Wildman–Crippen LogP) is 6.20. The summed E-state index contributed by atoms with van der Waals surface area (Å²) in [6.07, 6.45) is 1.32. The van der Waals surface area contributed by atoms with Gasteiger partial charge in [-0.2, -0.15) is 0 Å². The third-order valence-electron chi connectivity index (χ3n) is 7.71. The van der Waals surface area contributed by atoms with Gasteiger partial charge in [0.05, 0.1) is 20.8 Å². The molecule has 3 aromatic rings. The number of halogens is 1. The average molecular weight is 542 g/mol. The number of Topliss-reactive ketones (excluding diaryl/α,β-unsaturated/α-hetero) is 1. The second kappa shape index (κ2) is 11.9. The minimum Gasteiger partial charge on any atom is -0.493 e. The Morgan fingerprint density at radius 2 is 1.70 bits per heavy atom. The molecule has 3 aromatic carbocycles. The average Bonchev–Trinajstić information content (AvgIpc) is 2.96. The predicted molar refractivity (Wildman–Crippen MR) is 150 cm³/mol. The maximum Gasteiger partial charge on any atom is 0.315 e. The third kappa shape index (κ3) is 5.55. The number of carbonyl (C=O) groups is 2. The van der Waals surface area contributed by atoms with E-state index in [1.165, 1.54) is 12.1 Å². The summed E-state index contributed by atoms with van der Waals surface area (Å²) in [6.45, 7) is 1.98. The van der Waals surface area contributed by atoms with Crippen molar-refractivity contribution in [3.63, 3.8) is 0 Å². The Morgan fingerprint density at radius 1 is 0.925 bits per heavy atom. The van der Waals surface area contributed by atoms with Crippen molar-refractivity contribution in [2.45, 2.75) is 38.0 Å². The van der Waals surface area contributed by atoms with Crippen LogP contribution in [0.2, 0.25) is 0 Å². The number of esters is 1. The normalized spacial score (nSPS) is 20.4. The molecule has 1 aliphatic heterocycles. The summed E-state index contributed by atoms with van der Waals surface area (Å²) < 4.78 is 31.0. The number of nitrogens with zero attached hydrogens (tertiary/aromatic N) is 1. The lowest BCUT2D eigenvalue weighted by atomic mass is 9.69. The molecule has 0 N–H and O–H groups in total. The van der Waals surface area contributed by atoms with Crippen molar-refractivity contribution in [3.8, 4) is 11.5 Å². The summed E-state index contributed by atoms with van der Waals surface area (Å²) in [5.74, 6) is -1.41. The second-order valence-electron chi connectivity index (χ2n) is 10.2. The van der Waals surface area contributed by atoms with Crippen LogP contribution in [0.5, 0.6) is 11.5 Å². The summed E-state index contributed by atoms with van der Waals surface area (Å²) in [6, 6.07) is 21.5. The zero-order valence-electron chi connectivity index (χ0n) is 22.9. The van der Waals surface area contributed by atoms with Gasteiger partial charge in [-0.05, 0) is 60.2 Å². The van der Waals surface area contributed by atoms with Crippen LogP contribution >= 0.6 is 0 Å². The van der Waals surface area contributed by atoms with E-state index in [2.05, 4.69) is 0 Å². The van der Waals surface area contributed by atoms with Crippen LogP contribution in [-0.2, 0) is 20.7 Å². The zero-order chi connectivity index (χ0) is 28.2. The summed E-state index contributed by atoms with van der Waals surface area (Å²) in [5, 5.41) is 0. The molecule has 0 saturated carbocycles. The molecule has 1 unspecified atom stereocenters. The van der Waals surface area contributed by atoms with Crippen LogP contribution in [-0.4, -0.2) is 38.3 Å². The van der Waals surface area contributed by atoms with Gasteiger partial charge >= 0.3 is 5.97 Å². The molecule has 0 fully saturated rings. The second-order valence-corrected chi connectivity index (χ2v) is 10.2. The number of rotatable bonds is 8. The van der Waals surface area contributed by atoms with Gasteiger partial charge in [-0.3, -0.25) is 14.6 Å². The van der Waals surface area contributed by atoms with Gasteiger partial charge in [-0.15, -0.1) is 0 Å². The van der Waals surface area contributed by atoms with Crippen molar-refractivity contribution in [2.75, 3.05) is 20.8 Å². The molecule has 1 heterocycles. The first-order valence-electron chi connectivity index (χ1n) is 13.4. The van der Waals surface area contributed by atoms with Crippen molar-refractivity contribution in [1.82, 2.24) is 0 Å². The van der Waals surface area contributed by atoms with E-state index in [-0.39, 0.29) is 24.7 Å². The van der Waals surface area contributed by atoms with E-state index in [1.807, 2.05) is 48.5 Å². The number of carbonyl (C=O) groups excluding carboxylic acids is 2. The van der Waals surface area contributed by atoms with Gasteiger partial charge < -0.3 is 14.2 Å². The minimum absolute atomic E-state index is 0.103. The van der Waals surface area contributed by atoms with Crippen LogP contribution in [0.1, 0.15) is 48.3 Å². The molecule has 0 aromatic heterocycles. The number of hydrogen-bond donors (Lipinski definition) is 0. The number of benzene rings is 3. The summed E-state index contributed by atoms with van der Waals surface area (Å²) in [5.41, 5.74) is 4.21. The Balaban J connectivity index is 1.46. The lowest BCUT2D eigenvalue weighted by molar-refractivity contribution is -0.146. The first kappa shape index (κ1) is 27.3. The number of ether oxygens (including phenoxy) is 3. The molecule has 0 spiro atoms. The molecule has 7 heteroatoms. The van der Waals surface area contributed by atoms with Crippen molar-refractivity contribution >= 4 is 17.5 Å². The maximum atomic E-state index is 14.4.